The standard InChI is InChI=1S/C20H19N3O6S/c1-4-12(2)22-19(24)17(30-20(22)25)10-13-5-7-15(16(9-13)28-3)29-18-8-6-14(11-21-18)23(26)27/h5-12H,4H2,1-3H3/b17-10+/t12-/m0/s1. The molecule has 1 aromatic heterocycles. The zero-order valence-electron chi connectivity index (χ0n) is 16.5. The number of nitro groups is 1. The Balaban J connectivity index is 1.82. The van der Waals surface area contributed by atoms with Crippen LogP contribution in [0.4, 0.5) is 10.5 Å². The molecule has 0 N–H and O–H groups in total. The molecule has 3 rings (SSSR count). The lowest BCUT2D eigenvalue weighted by Crippen LogP contribution is -2.36. The van der Waals surface area contributed by atoms with Crippen molar-refractivity contribution in [2.45, 2.75) is 26.3 Å². The predicted molar refractivity (Wildman–Crippen MR) is 112 cm³/mol. The number of rotatable bonds is 7. The van der Waals surface area contributed by atoms with Crippen LogP contribution in [0.2, 0.25) is 0 Å². The highest BCUT2D eigenvalue weighted by atomic mass is 32.2. The van der Waals surface area contributed by atoms with Gasteiger partial charge in [-0.25, -0.2) is 4.98 Å². The van der Waals surface area contributed by atoms with Crippen molar-refractivity contribution in [3.05, 3.63) is 57.1 Å². The number of benzene rings is 1. The van der Waals surface area contributed by atoms with E-state index in [2.05, 4.69) is 4.98 Å². The van der Waals surface area contributed by atoms with Crippen LogP contribution in [0.15, 0.2) is 41.4 Å². The number of hydrogen-bond donors (Lipinski definition) is 0. The SMILES string of the molecule is CC[C@H](C)N1C(=O)S/C(=C/c2ccc(Oc3ccc([N+](=O)[O-])cn3)c(OC)c2)C1=O. The topological polar surface area (TPSA) is 112 Å². The summed E-state index contributed by atoms with van der Waals surface area (Å²) >= 11 is 0.906. The van der Waals surface area contributed by atoms with E-state index in [0.717, 1.165) is 18.0 Å². The molecule has 1 aliphatic heterocycles. The van der Waals surface area contributed by atoms with Crippen LogP contribution in [0, 0.1) is 10.1 Å². The fourth-order valence-corrected chi connectivity index (χ4v) is 3.64. The Morgan fingerprint density at radius 1 is 1.27 bits per heavy atom. The third kappa shape index (κ3) is 4.43. The fourth-order valence-electron chi connectivity index (χ4n) is 2.71. The fraction of sp³-hybridized carbons (Fsp3) is 0.250. The van der Waals surface area contributed by atoms with Crippen LogP contribution < -0.4 is 9.47 Å². The minimum absolute atomic E-state index is 0.143. The molecule has 2 aromatic rings. The van der Waals surface area contributed by atoms with Crippen LogP contribution >= 0.6 is 11.8 Å². The lowest BCUT2D eigenvalue weighted by Gasteiger charge is -2.19. The zero-order chi connectivity index (χ0) is 21.8. The van der Waals surface area contributed by atoms with E-state index in [9.17, 15) is 19.7 Å². The van der Waals surface area contributed by atoms with Gasteiger partial charge in [0.1, 0.15) is 6.20 Å². The summed E-state index contributed by atoms with van der Waals surface area (Å²) in [5.41, 5.74) is 0.515. The average Bonchev–Trinajstić information content (AvgIpc) is 3.01. The van der Waals surface area contributed by atoms with Crippen molar-refractivity contribution < 1.29 is 24.0 Å². The summed E-state index contributed by atoms with van der Waals surface area (Å²) in [5.74, 6) is 0.587. The number of thioether (sulfide) groups is 1. The normalized spacial score (nSPS) is 16.1. The third-order valence-electron chi connectivity index (χ3n) is 4.49. The molecule has 0 spiro atoms. The molecule has 10 heteroatoms. The molecule has 2 heterocycles. The maximum absolute atomic E-state index is 12.6. The molecule has 0 saturated carbocycles. The number of aromatic nitrogens is 1. The van der Waals surface area contributed by atoms with Gasteiger partial charge in [0, 0.05) is 18.2 Å². The van der Waals surface area contributed by atoms with Gasteiger partial charge >= 0.3 is 0 Å². The van der Waals surface area contributed by atoms with Crippen LogP contribution in [-0.2, 0) is 4.79 Å². The Hall–Kier alpha value is -3.40. The maximum atomic E-state index is 12.6. The van der Waals surface area contributed by atoms with E-state index in [0.29, 0.717) is 28.4 Å². The number of imide groups is 1. The van der Waals surface area contributed by atoms with Gasteiger partial charge in [-0.15, -0.1) is 0 Å². The molecule has 0 unspecified atom stereocenters. The van der Waals surface area contributed by atoms with Crippen LogP contribution in [0.5, 0.6) is 17.4 Å². The molecule has 0 radical (unpaired) electrons. The number of pyridine rings is 1. The lowest BCUT2D eigenvalue weighted by molar-refractivity contribution is -0.385. The van der Waals surface area contributed by atoms with Crippen molar-refractivity contribution >= 4 is 34.7 Å². The predicted octanol–water partition coefficient (Wildman–Crippen LogP) is 4.63. The summed E-state index contributed by atoms with van der Waals surface area (Å²) in [5, 5.41) is 10.4. The first-order chi connectivity index (χ1) is 14.3. The molecule has 0 aliphatic carbocycles. The Bertz CT molecular complexity index is 1020. The van der Waals surface area contributed by atoms with Gasteiger partial charge in [-0.1, -0.05) is 13.0 Å². The van der Waals surface area contributed by atoms with E-state index in [4.69, 9.17) is 9.47 Å². The van der Waals surface area contributed by atoms with Crippen LogP contribution in [0.3, 0.4) is 0 Å². The molecule has 1 aromatic carbocycles. The summed E-state index contributed by atoms with van der Waals surface area (Å²) in [7, 11) is 1.46. The summed E-state index contributed by atoms with van der Waals surface area (Å²) < 4.78 is 11.0. The highest BCUT2D eigenvalue weighted by molar-refractivity contribution is 8.18. The smallest absolute Gasteiger partial charge is 0.293 e. The minimum atomic E-state index is -0.547. The van der Waals surface area contributed by atoms with E-state index < -0.39 is 4.92 Å². The molecule has 1 atom stereocenters. The van der Waals surface area contributed by atoms with Gasteiger partial charge < -0.3 is 9.47 Å². The van der Waals surface area contributed by atoms with Gasteiger partial charge in [-0.05, 0) is 48.9 Å². The second-order valence-corrected chi connectivity index (χ2v) is 7.43. The molecular formula is C20H19N3O6S. The molecule has 2 amide bonds. The average molecular weight is 429 g/mol. The van der Waals surface area contributed by atoms with Gasteiger partial charge in [0.15, 0.2) is 11.5 Å². The van der Waals surface area contributed by atoms with Crippen molar-refractivity contribution in [3.63, 3.8) is 0 Å². The zero-order valence-corrected chi connectivity index (χ0v) is 17.3. The monoisotopic (exact) mass is 429 g/mol. The summed E-state index contributed by atoms with van der Waals surface area (Å²) in [4.78, 5) is 40.4. The summed E-state index contributed by atoms with van der Waals surface area (Å²) in [6.45, 7) is 3.75. The van der Waals surface area contributed by atoms with Crippen molar-refractivity contribution in [3.8, 4) is 17.4 Å². The molecule has 9 nitrogen and oxygen atoms in total. The molecule has 30 heavy (non-hydrogen) atoms. The lowest BCUT2D eigenvalue weighted by atomic mass is 10.1. The largest absolute Gasteiger partial charge is 0.493 e. The Kier molecular flexibility index (Phi) is 6.36. The van der Waals surface area contributed by atoms with Gasteiger partial charge in [0.2, 0.25) is 5.88 Å². The molecule has 156 valence electrons. The molecule has 0 bridgehead atoms. The second kappa shape index (κ2) is 8.95. The van der Waals surface area contributed by atoms with Crippen molar-refractivity contribution in [2.24, 2.45) is 0 Å². The summed E-state index contributed by atoms with van der Waals surface area (Å²) in [6.07, 6.45) is 3.41. The van der Waals surface area contributed by atoms with E-state index in [1.165, 1.54) is 24.1 Å². The number of carbonyl (C=O) groups is 2. The Morgan fingerprint density at radius 3 is 2.63 bits per heavy atom. The van der Waals surface area contributed by atoms with Crippen LogP contribution in [0.25, 0.3) is 6.08 Å². The van der Waals surface area contributed by atoms with Crippen molar-refractivity contribution in [1.29, 1.82) is 0 Å². The quantitative estimate of drug-likeness (QED) is 0.356. The first-order valence-corrected chi connectivity index (χ1v) is 9.89. The number of hydrogen-bond acceptors (Lipinski definition) is 8. The summed E-state index contributed by atoms with van der Waals surface area (Å²) in [6, 6.07) is 7.51. The minimum Gasteiger partial charge on any atom is -0.493 e. The van der Waals surface area contributed by atoms with Gasteiger partial charge in [-0.2, -0.15) is 0 Å². The highest BCUT2D eigenvalue weighted by Crippen LogP contribution is 2.36. The number of nitrogens with zero attached hydrogens (tertiary/aromatic N) is 3. The number of carbonyl (C=O) groups excluding carboxylic acids is 2. The third-order valence-corrected chi connectivity index (χ3v) is 5.37. The highest BCUT2D eigenvalue weighted by Gasteiger charge is 2.37. The van der Waals surface area contributed by atoms with Crippen molar-refractivity contribution in [2.75, 3.05) is 7.11 Å². The first kappa shape index (κ1) is 21.3. The Morgan fingerprint density at radius 2 is 2.03 bits per heavy atom. The van der Waals surface area contributed by atoms with E-state index in [1.54, 1.807) is 24.3 Å². The van der Waals surface area contributed by atoms with Gasteiger partial charge in [0.25, 0.3) is 16.8 Å². The van der Waals surface area contributed by atoms with Gasteiger partial charge in [-0.3, -0.25) is 24.6 Å². The first-order valence-electron chi connectivity index (χ1n) is 9.07. The van der Waals surface area contributed by atoms with Crippen molar-refractivity contribution in [1.82, 2.24) is 9.88 Å². The second-order valence-electron chi connectivity index (χ2n) is 6.43. The molecule has 1 saturated heterocycles. The Labute approximate surface area is 176 Å². The maximum Gasteiger partial charge on any atom is 0.293 e. The van der Waals surface area contributed by atoms with E-state index in [1.807, 2.05) is 13.8 Å². The number of methoxy groups -OCH3 is 1. The molecular weight excluding hydrogens is 410 g/mol. The number of amides is 2. The van der Waals surface area contributed by atoms with Crippen LogP contribution in [0.1, 0.15) is 25.8 Å². The van der Waals surface area contributed by atoms with Crippen LogP contribution in [-0.4, -0.2) is 39.1 Å². The molecule has 1 fully saturated rings. The molecule has 1 aliphatic rings. The van der Waals surface area contributed by atoms with Gasteiger partial charge in [0.05, 0.1) is 16.9 Å². The van der Waals surface area contributed by atoms with E-state index >= 15 is 0 Å². The number of ether oxygens (including phenoxy) is 2. The van der Waals surface area contributed by atoms with E-state index in [-0.39, 0.29) is 28.8 Å².